The van der Waals surface area contributed by atoms with Crippen LogP contribution in [0.25, 0.3) is 0 Å². The number of methoxy groups -OCH3 is 1. The van der Waals surface area contributed by atoms with E-state index in [1.54, 1.807) is 0 Å². The van der Waals surface area contributed by atoms with Gasteiger partial charge in [-0.1, -0.05) is 43.4 Å². The van der Waals surface area contributed by atoms with Crippen molar-refractivity contribution in [3.8, 4) is 0 Å². The van der Waals surface area contributed by atoms with Crippen LogP contribution in [0.4, 0.5) is 5.13 Å². The number of carbonyl (C=O) groups is 2. The second kappa shape index (κ2) is 9.62. The highest BCUT2D eigenvalue weighted by molar-refractivity contribution is 8.01. The zero-order valence-corrected chi connectivity index (χ0v) is 14.8. The first-order chi connectivity index (χ1) is 10.5. The fourth-order valence-electron chi connectivity index (χ4n) is 1.63. The Morgan fingerprint density at radius 2 is 2.09 bits per heavy atom. The molecule has 1 aromatic rings. The number of hydrogen-bond donors (Lipinski definition) is 2. The van der Waals surface area contributed by atoms with Crippen LogP contribution in [0.3, 0.4) is 0 Å². The average Bonchev–Trinajstić information content (AvgIpc) is 2.97. The molecule has 0 saturated carbocycles. The van der Waals surface area contributed by atoms with E-state index in [4.69, 9.17) is 4.74 Å². The number of nitrogens with zero attached hydrogens (tertiary/aromatic N) is 2. The third-order valence-corrected chi connectivity index (χ3v) is 5.06. The Balaban J connectivity index is 2.50. The van der Waals surface area contributed by atoms with Crippen molar-refractivity contribution in [2.75, 3.05) is 24.7 Å². The van der Waals surface area contributed by atoms with E-state index in [1.807, 2.05) is 20.8 Å². The summed E-state index contributed by atoms with van der Waals surface area (Å²) in [7, 11) is 1.32. The normalized spacial score (nSPS) is 13.3. The summed E-state index contributed by atoms with van der Waals surface area (Å²) in [4.78, 5) is 23.7. The van der Waals surface area contributed by atoms with Crippen molar-refractivity contribution in [2.24, 2.45) is 5.92 Å². The molecule has 2 N–H and O–H groups in total. The maximum atomic E-state index is 12.0. The molecule has 0 radical (unpaired) electrons. The summed E-state index contributed by atoms with van der Waals surface area (Å²) < 4.78 is 5.45. The van der Waals surface area contributed by atoms with Gasteiger partial charge in [-0.2, -0.15) is 0 Å². The van der Waals surface area contributed by atoms with Crippen LogP contribution in [0.1, 0.15) is 27.2 Å². The Labute approximate surface area is 138 Å². The van der Waals surface area contributed by atoms with Crippen LogP contribution in [0.2, 0.25) is 0 Å². The van der Waals surface area contributed by atoms with Crippen molar-refractivity contribution in [3.63, 3.8) is 0 Å². The van der Waals surface area contributed by atoms with Gasteiger partial charge in [0.05, 0.1) is 12.9 Å². The van der Waals surface area contributed by atoms with Gasteiger partial charge in [-0.3, -0.25) is 4.79 Å². The summed E-state index contributed by atoms with van der Waals surface area (Å²) in [6, 6.07) is -0.616. The Morgan fingerprint density at radius 3 is 2.68 bits per heavy atom. The number of rotatable bonds is 9. The number of ether oxygens (including phenoxy) is 1. The molecule has 0 aliphatic heterocycles. The molecule has 22 heavy (non-hydrogen) atoms. The highest BCUT2D eigenvalue weighted by Gasteiger charge is 2.26. The van der Waals surface area contributed by atoms with Gasteiger partial charge in [-0.05, 0) is 12.8 Å². The standard InChI is InChI=1S/C13H22N4O3S2/c1-5-8(3)10(11(19)20-4)15-9(18)7-21-13-17-16-12(22-13)14-6-2/h8,10H,5-7H2,1-4H3,(H,14,16)(H,15,18)/t8-,10-/m1/s1. The maximum Gasteiger partial charge on any atom is 0.328 e. The second-order valence-corrected chi connectivity index (χ2v) is 6.85. The fraction of sp³-hybridized carbons (Fsp3) is 0.692. The molecular weight excluding hydrogens is 324 g/mol. The van der Waals surface area contributed by atoms with Crippen molar-refractivity contribution in [1.29, 1.82) is 0 Å². The molecule has 1 amide bonds. The molecule has 9 heteroatoms. The number of thioether (sulfide) groups is 1. The number of aromatic nitrogens is 2. The van der Waals surface area contributed by atoms with E-state index in [0.717, 1.165) is 18.1 Å². The van der Waals surface area contributed by atoms with Gasteiger partial charge in [0.25, 0.3) is 0 Å². The smallest absolute Gasteiger partial charge is 0.328 e. The van der Waals surface area contributed by atoms with Crippen LogP contribution in [0.15, 0.2) is 4.34 Å². The Morgan fingerprint density at radius 1 is 1.36 bits per heavy atom. The number of nitrogens with one attached hydrogen (secondary N) is 2. The van der Waals surface area contributed by atoms with Crippen molar-refractivity contribution < 1.29 is 14.3 Å². The summed E-state index contributed by atoms with van der Waals surface area (Å²) in [6.07, 6.45) is 0.773. The van der Waals surface area contributed by atoms with Crippen LogP contribution >= 0.6 is 23.1 Å². The maximum absolute atomic E-state index is 12.0. The molecule has 0 bridgehead atoms. The molecule has 2 atom stereocenters. The van der Waals surface area contributed by atoms with Crippen LogP contribution in [0.5, 0.6) is 0 Å². The lowest BCUT2D eigenvalue weighted by atomic mass is 9.99. The molecule has 1 rings (SSSR count). The minimum atomic E-state index is -0.616. The largest absolute Gasteiger partial charge is 0.467 e. The number of anilines is 1. The van der Waals surface area contributed by atoms with Gasteiger partial charge in [0.1, 0.15) is 6.04 Å². The summed E-state index contributed by atoms with van der Waals surface area (Å²) >= 11 is 2.69. The van der Waals surface area contributed by atoms with Crippen molar-refractivity contribution >= 4 is 40.1 Å². The lowest BCUT2D eigenvalue weighted by Crippen LogP contribution is -2.46. The monoisotopic (exact) mass is 346 g/mol. The first-order valence-corrected chi connectivity index (χ1v) is 8.89. The van der Waals surface area contributed by atoms with E-state index >= 15 is 0 Å². The van der Waals surface area contributed by atoms with Gasteiger partial charge in [-0.25, -0.2) is 4.79 Å². The molecule has 0 fully saturated rings. The van der Waals surface area contributed by atoms with Crippen molar-refractivity contribution in [3.05, 3.63) is 0 Å². The molecule has 124 valence electrons. The summed E-state index contributed by atoms with van der Waals surface area (Å²) in [5, 5.41) is 14.5. The minimum absolute atomic E-state index is 0.0169. The highest BCUT2D eigenvalue weighted by atomic mass is 32.2. The first-order valence-electron chi connectivity index (χ1n) is 7.09. The Bertz CT molecular complexity index is 495. The van der Waals surface area contributed by atoms with E-state index in [2.05, 4.69) is 20.8 Å². The van der Waals surface area contributed by atoms with Gasteiger partial charge in [0.2, 0.25) is 11.0 Å². The first kappa shape index (κ1) is 18.7. The van der Waals surface area contributed by atoms with E-state index in [-0.39, 0.29) is 17.6 Å². The van der Waals surface area contributed by atoms with Gasteiger partial charge in [0.15, 0.2) is 4.34 Å². The van der Waals surface area contributed by atoms with E-state index in [1.165, 1.54) is 30.2 Å². The molecule has 0 spiro atoms. The fourth-order valence-corrected chi connectivity index (χ4v) is 3.26. The zero-order chi connectivity index (χ0) is 16.5. The Hall–Kier alpha value is -1.35. The molecule has 0 saturated heterocycles. The average molecular weight is 346 g/mol. The Kier molecular flexibility index (Phi) is 8.18. The van der Waals surface area contributed by atoms with E-state index < -0.39 is 12.0 Å². The molecule has 1 aromatic heterocycles. The molecule has 0 aliphatic rings. The lowest BCUT2D eigenvalue weighted by Gasteiger charge is -2.21. The second-order valence-electron chi connectivity index (χ2n) is 4.65. The lowest BCUT2D eigenvalue weighted by molar-refractivity contribution is -0.146. The van der Waals surface area contributed by atoms with Gasteiger partial charge >= 0.3 is 5.97 Å². The number of esters is 1. The summed E-state index contributed by atoms with van der Waals surface area (Å²) in [6.45, 7) is 6.62. The van der Waals surface area contributed by atoms with Crippen molar-refractivity contribution in [2.45, 2.75) is 37.6 Å². The molecule has 1 heterocycles. The van der Waals surface area contributed by atoms with E-state index in [0.29, 0.717) is 4.34 Å². The highest BCUT2D eigenvalue weighted by Crippen LogP contribution is 2.25. The molecule has 7 nitrogen and oxygen atoms in total. The third kappa shape index (κ3) is 5.80. The van der Waals surface area contributed by atoms with Gasteiger partial charge in [0, 0.05) is 6.54 Å². The molecule has 0 aromatic carbocycles. The molecule has 0 unspecified atom stereocenters. The molecular formula is C13H22N4O3S2. The predicted octanol–water partition coefficient (Wildman–Crippen LogP) is 1.77. The topological polar surface area (TPSA) is 93.2 Å². The van der Waals surface area contributed by atoms with Crippen LogP contribution in [-0.4, -0.2) is 47.5 Å². The number of amides is 1. The summed E-state index contributed by atoms with van der Waals surface area (Å²) in [5.74, 6) is -0.438. The SMILES string of the molecule is CCNc1nnc(SCC(=O)N[C@@H](C(=O)OC)[C@H](C)CC)s1. The predicted molar refractivity (Wildman–Crippen MR) is 88.2 cm³/mol. The number of hydrogen-bond acceptors (Lipinski definition) is 8. The van der Waals surface area contributed by atoms with Crippen LogP contribution in [-0.2, 0) is 14.3 Å². The van der Waals surface area contributed by atoms with Crippen molar-refractivity contribution in [1.82, 2.24) is 15.5 Å². The summed E-state index contributed by atoms with van der Waals surface area (Å²) in [5.41, 5.74) is 0. The van der Waals surface area contributed by atoms with Crippen LogP contribution in [0, 0.1) is 5.92 Å². The van der Waals surface area contributed by atoms with Gasteiger partial charge < -0.3 is 15.4 Å². The molecule has 0 aliphatic carbocycles. The third-order valence-electron chi connectivity index (χ3n) is 3.05. The number of carbonyl (C=O) groups excluding carboxylic acids is 2. The van der Waals surface area contributed by atoms with E-state index in [9.17, 15) is 9.59 Å². The minimum Gasteiger partial charge on any atom is -0.467 e. The quantitative estimate of drug-likeness (QED) is 0.520. The van der Waals surface area contributed by atoms with Crippen LogP contribution < -0.4 is 10.6 Å². The van der Waals surface area contributed by atoms with Gasteiger partial charge in [-0.15, -0.1) is 10.2 Å². The zero-order valence-electron chi connectivity index (χ0n) is 13.2.